The molecule has 0 aliphatic carbocycles. The summed E-state index contributed by atoms with van der Waals surface area (Å²) in [7, 11) is -2.34. The lowest BCUT2D eigenvalue weighted by molar-refractivity contribution is -0.384. The number of amides is 1. The van der Waals surface area contributed by atoms with Gasteiger partial charge in [0.2, 0.25) is 10.0 Å². The Labute approximate surface area is 207 Å². The summed E-state index contributed by atoms with van der Waals surface area (Å²) >= 11 is 6.90. The zero-order valence-electron chi connectivity index (χ0n) is 17.8. The molecule has 3 aromatic carbocycles. The van der Waals surface area contributed by atoms with Crippen molar-refractivity contribution in [2.45, 2.75) is 4.90 Å². The molecule has 1 amide bonds. The van der Waals surface area contributed by atoms with Crippen molar-refractivity contribution in [3.63, 3.8) is 0 Å². The van der Waals surface area contributed by atoms with Gasteiger partial charge >= 0.3 is 0 Å². The summed E-state index contributed by atoms with van der Waals surface area (Å²) in [6.07, 6.45) is 0. The highest BCUT2D eigenvalue weighted by molar-refractivity contribution is 7.89. The molecule has 0 spiro atoms. The predicted octanol–water partition coefficient (Wildman–Crippen LogP) is 4.25. The van der Waals surface area contributed by atoms with Gasteiger partial charge in [0.25, 0.3) is 11.6 Å². The fourth-order valence-electron chi connectivity index (χ4n) is 3.24. The lowest BCUT2D eigenvalue weighted by atomic mass is 9.97. The summed E-state index contributed by atoms with van der Waals surface area (Å²) in [5.74, 6) is -1.22. The monoisotopic (exact) mass is 530 g/mol. The molecule has 2 N–H and O–H groups in total. The highest BCUT2D eigenvalue weighted by Gasteiger charge is 2.22. The summed E-state index contributed by atoms with van der Waals surface area (Å²) < 4.78 is 26.8. The molecule has 0 atom stereocenters. The maximum Gasteiger partial charge on any atom is 0.288 e. The number of anilines is 1. The molecule has 0 aliphatic heterocycles. The predicted molar refractivity (Wildman–Crippen MR) is 132 cm³/mol. The third-order valence-electron chi connectivity index (χ3n) is 4.98. The molecule has 0 bridgehead atoms. The third-order valence-corrected chi connectivity index (χ3v) is 7.65. The summed E-state index contributed by atoms with van der Waals surface area (Å²) in [5.41, 5.74) is 0.129. The number of ketones is 1. The van der Waals surface area contributed by atoms with E-state index in [0.717, 1.165) is 17.4 Å². The SMILES string of the molecule is CNS(=O)(=O)c1ccc2nc(NC(=O)c3ccccc3C(=O)c3ccc(Cl)c([N+](=O)[O-])c3)sc2c1. The minimum atomic E-state index is -3.65. The molecule has 1 heterocycles. The van der Waals surface area contributed by atoms with Gasteiger partial charge in [0.15, 0.2) is 10.9 Å². The molecular formula is C22H15ClN4O6S2. The van der Waals surface area contributed by atoms with Gasteiger partial charge < -0.3 is 0 Å². The van der Waals surface area contributed by atoms with Crippen molar-refractivity contribution < 1.29 is 22.9 Å². The Hall–Kier alpha value is -3.71. The van der Waals surface area contributed by atoms with E-state index in [4.69, 9.17) is 11.6 Å². The Kier molecular flexibility index (Phi) is 6.63. The number of halogens is 1. The number of nitrogens with one attached hydrogen (secondary N) is 2. The average Bonchev–Trinajstić information content (AvgIpc) is 3.25. The molecule has 0 aliphatic rings. The van der Waals surface area contributed by atoms with E-state index in [9.17, 15) is 28.1 Å². The number of nitro benzene ring substituents is 1. The van der Waals surface area contributed by atoms with Crippen molar-refractivity contribution >= 4 is 65.7 Å². The Morgan fingerprint density at radius 2 is 1.77 bits per heavy atom. The van der Waals surface area contributed by atoms with Gasteiger partial charge in [-0.15, -0.1) is 0 Å². The standard InChI is InChI=1S/C22H15ClN4O6S2/c1-24-35(32,33)13-7-9-17-19(11-13)34-22(25-17)26-21(29)15-5-3-2-4-14(15)20(28)12-6-8-16(23)18(10-12)27(30)31/h2-11,24H,1H3,(H,25,26,29). The minimum absolute atomic E-state index is 0.000362. The molecule has 0 unspecified atom stereocenters. The first kappa shape index (κ1) is 24.4. The number of carbonyl (C=O) groups is 2. The summed E-state index contributed by atoms with van der Waals surface area (Å²) in [6, 6.07) is 14.0. The highest BCUT2D eigenvalue weighted by atomic mass is 35.5. The van der Waals surface area contributed by atoms with E-state index < -0.39 is 32.3 Å². The van der Waals surface area contributed by atoms with Crippen LogP contribution < -0.4 is 10.0 Å². The van der Waals surface area contributed by atoms with E-state index in [1.165, 1.54) is 49.5 Å². The van der Waals surface area contributed by atoms with Crippen LogP contribution in [0.3, 0.4) is 0 Å². The van der Waals surface area contributed by atoms with Gasteiger partial charge in [0, 0.05) is 17.2 Å². The fraction of sp³-hybridized carbons (Fsp3) is 0.0455. The van der Waals surface area contributed by atoms with E-state index in [1.54, 1.807) is 12.1 Å². The first-order chi connectivity index (χ1) is 16.6. The number of thiazole rings is 1. The Morgan fingerprint density at radius 1 is 1.06 bits per heavy atom. The molecule has 35 heavy (non-hydrogen) atoms. The fourth-order valence-corrected chi connectivity index (χ4v) is 5.15. The van der Waals surface area contributed by atoms with E-state index >= 15 is 0 Å². The van der Waals surface area contributed by atoms with Gasteiger partial charge in [-0.3, -0.25) is 25.0 Å². The van der Waals surface area contributed by atoms with Gasteiger partial charge in [0.05, 0.1) is 25.6 Å². The smallest absolute Gasteiger partial charge is 0.288 e. The first-order valence-electron chi connectivity index (χ1n) is 9.84. The lowest BCUT2D eigenvalue weighted by Crippen LogP contribution is -2.18. The van der Waals surface area contributed by atoms with E-state index in [-0.39, 0.29) is 31.7 Å². The van der Waals surface area contributed by atoms with Gasteiger partial charge in [0.1, 0.15) is 5.02 Å². The molecular weight excluding hydrogens is 516 g/mol. The number of carbonyl (C=O) groups excluding carboxylic acids is 2. The zero-order valence-corrected chi connectivity index (χ0v) is 20.2. The van der Waals surface area contributed by atoms with Crippen LogP contribution in [-0.2, 0) is 10.0 Å². The van der Waals surface area contributed by atoms with Crippen LogP contribution in [0.15, 0.2) is 65.6 Å². The normalized spacial score (nSPS) is 11.4. The minimum Gasteiger partial charge on any atom is -0.298 e. The summed E-state index contributed by atoms with van der Waals surface area (Å²) in [5, 5.41) is 13.9. The topological polar surface area (TPSA) is 148 Å². The van der Waals surface area contributed by atoms with E-state index in [2.05, 4.69) is 15.0 Å². The highest BCUT2D eigenvalue weighted by Crippen LogP contribution is 2.30. The van der Waals surface area contributed by atoms with Crippen LogP contribution in [0.5, 0.6) is 0 Å². The first-order valence-corrected chi connectivity index (χ1v) is 12.5. The van der Waals surface area contributed by atoms with Gasteiger partial charge in [-0.05, 0) is 43.4 Å². The molecule has 4 aromatic rings. The lowest BCUT2D eigenvalue weighted by Gasteiger charge is -2.08. The Balaban J connectivity index is 1.64. The molecule has 4 rings (SSSR count). The molecule has 0 fully saturated rings. The quantitative estimate of drug-likeness (QED) is 0.206. The number of nitro groups is 1. The molecule has 178 valence electrons. The van der Waals surface area contributed by atoms with E-state index in [1.807, 2.05) is 0 Å². The number of hydrogen-bond acceptors (Lipinski definition) is 8. The van der Waals surface area contributed by atoms with Gasteiger partial charge in [-0.25, -0.2) is 18.1 Å². The van der Waals surface area contributed by atoms with Crippen molar-refractivity contribution in [3.05, 3.63) is 92.5 Å². The largest absolute Gasteiger partial charge is 0.298 e. The Morgan fingerprint density at radius 3 is 2.46 bits per heavy atom. The molecule has 0 radical (unpaired) electrons. The Bertz CT molecular complexity index is 1620. The molecule has 13 heteroatoms. The second-order valence-electron chi connectivity index (χ2n) is 7.11. The van der Waals surface area contributed by atoms with Crippen LogP contribution >= 0.6 is 22.9 Å². The van der Waals surface area contributed by atoms with Crippen LogP contribution in [-0.4, -0.2) is 37.1 Å². The van der Waals surface area contributed by atoms with Crippen LogP contribution in [0.4, 0.5) is 10.8 Å². The number of rotatable bonds is 7. The van der Waals surface area contributed by atoms with Crippen LogP contribution in [0.2, 0.25) is 5.02 Å². The van der Waals surface area contributed by atoms with Crippen LogP contribution in [0.1, 0.15) is 26.3 Å². The number of sulfonamides is 1. The van der Waals surface area contributed by atoms with Crippen molar-refractivity contribution in [3.8, 4) is 0 Å². The van der Waals surface area contributed by atoms with E-state index in [0.29, 0.717) is 10.2 Å². The van der Waals surface area contributed by atoms with Crippen molar-refractivity contribution in [1.82, 2.24) is 9.71 Å². The number of fused-ring (bicyclic) bond motifs is 1. The molecule has 1 aromatic heterocycles. The zero-order chi connectivity index (χ0) is 25.3. The average molecular weight is 531 g/mol. The number of aromatic nitrogens is 1. The molecule has 0 saturated carbocycles. The molecule has 10 nitrogen and oxygen atoms in total. The van der Waals surface area contributed by atoms with Crippen molar-refractivity contribution in [1.29, 1.82) is 0 Å². The van der Waals surface area contributed by atoms with Crippen molar-refractivity contribution in [2.75, 3.05) is 12.4 Å². The number of nitrogens with zero attached hydrogens (tertiary/aromatic N) is 2. The maximum absolute atomic E-state index is 13.1. The third kappa shape index (κ3) is 4.91. The van der Waals surface area contributed by atoms with Crippen LogP contribution in [0, 0.1) is 10.1 Å². The number of benzene rings is 3. The second kappa shape index (κ2) is 9.50. The molecule has 0 saturated heterocycles. The second-order valence-corrected chi connectivity index (χ2v) is 10.4. The maximum atomic E-state index is 13.1. The summed E-state index contributed by atoms with van der Waals surface area (Å²) in [4.78, 5) is 40.9. The van der Waals surface area contributed by atoms with Crippen molar-refractivity contribution in [2.24, 2.45) is 0 Å². The van der Waals surface area contributed by atoms with Gasteiger partial charge in [-0.2, -0.15) is 0 Å². The summed E-state index contributed by atoms with van der Waals surface area (Å²) in [6.45, 7) is 0. The van der Waals surface area contributed by atoms with Gasteiger partial charge in [-0.1, -0.05) is 41.1 Å². The van der Waals surface area contributed by atoms with Crippen LogP contribution in [0.25, 0.3) is 10.2 Å². The number of hydrogen-bond donors (Lipinski definition) is 2.